The van der Waals surface area contributed by atoms with Crippen molar-refractivity contribution >= 4 is 17.6 Å². The number of ether oxygens (including phenoxy) is 1. The average Bonchev–Trinajstić information content (AvgIpc) is 2.17. The monoisotopic (exact) mass is 213 g/mol. The molecule has 3 nitrogen and oxygen atoms in total. The van der Waals surface area contributed by atoms with Crippen LogP contribution in [0.2, 0.25) is 0 Å². The van der Waals surface area contributed by atoms with Crippen molar-refractivity contribution in [2.75, 3.05) is 0 Å². The molecule has 1 heterocycles. The molecule has 0 bridgehead atoms. The minimum Gasteiger partial charge on any atom is -0.458 e. The van der Waals surface area contributed by atoms with Crippen molar-refractivity contribution in [1.82, 2.24) is 4.98 Å². The lowest BCUT2D eigenvalue weighted by molar-refractivity contribution is 0.0370. The number of esters is 1. The summed E-state index contributed by atoms with van der Waals surface area (Å²) in [5.74, 6) is -0.116. The Hall–Kier alpha value is -1.09. The van der Waals surface area contributed by atoms with Crippen LogP contribution >= 0.6 is 11.6 Å². The molecule has 0 radical (unpaired) electrons. The van der Waals surface area contributed by atoms with E-state index in [0.717, 1.165) is 0 Å². The molecule has 0 unspecified atom stereocenters. The Bertz CT molecular complexity index is 326. The largest absolute Gasteiger partial charge is 0.458 e. The Morgan fingerprint density at radius 3 is 2.86 bits per heavy atom. The van der Waals surface area contributed by atoms with Gasteiger partial charge in [0.1, 0.15) is 5.69 Å². The number of hydrogen-bond donors (Lipinski definition) is 0. The van der Waals surface area contributed by atoms with Crippen LogP contribution in [0, 0.1) is 0 Å². The molecule has 0 atom stereocenters. The van der Waals surface area contributed by atoms with Crippen LogP contribution in [0.3, 0.4) is 0 Å². The van der Waals surface area contributed by atoms with Crippen LogP contribution in [0.25, 0.3) is 0 Å². The van der Waals surface area contributed by atoms with Crippen LogP contribution in [0.5, 0.6) is 0 Å². The molecule has 0 aliphatic carbocycles. The maximum atomic E-state index is 11.4. The predicted octanol–water partition coefficient (Wildman–Crippen LogP) is 2.39. The Morgan fingerprint density at radius 1 is 1.57 bits per heavy atom. The highest BCUT2D eigenvalue weighted by Gasteiger charge is 2.10. The Kier molecular flexibility index (Phi) is 3.89. The zero-order valence-corrected chi connectivity index (χ0v) is 8.91. The summed E-state index contributed by atoms with van der Waals surface area (Å²) in [6.07, 6.45) is -0.135. The third kappa shape index (κ3) is 3.00. The molecule has 0 fully saturated rings. The highest BCUT2D eigenvalue weighted by molar-refractivity contribution is 6.16. The van der Waals surface area contributed by atoms with Crippen molar-refractivity contribution in [3.05, 3.63) is 29.6 Å². The number of pyridine rings is 1. The van der Waals surface area contributed by atoms with Gasteiger partial charge in [-0.15, -0.1) is 11.6 Å². The van der Waals surface area contributed by atoms with E-state index in [9.17, 15) is 4.79 Å². The lowest BCUT2D eigenvalue weighted by atomic mass is 10.3. The number of carbonyl (C=O) groups is 1. The van der Waals surface area contributed by atoms with Gasteiger partial charge in [0.25, 0.3) is 0 Å². The molecule has 1 aromatic rings. The van der Waals surface area contributed by atoms with Crippen LogP contribution in [0.15, 0.2) is 18.2 Å². The Balaban J connectivity index is 2.79. The van der Waals surface area contributed by atoms with Crippen molar-refractivity contribution in [1.29, 1.82) is 0 Å². The molecular weight excluding hydrogens is 202 g/mol. The van der Waals surface area contributed by atoms with Gasteiger partial charge in [-0.3, -0.25) is 0 Å². The van der Waals surface area contributed by atoms with E-state index >= 15 is 0 Å². The predicted molar refractivity (Wildman–Crippen MR) is 54.3 cm³/mol. The van der Waals surface area contributed by atoms with Crippen molar-refractivity contribution in [2.24, 2.45) is 0 Å². The summed E-state index contributed by atoms with van der Waals surface area (Å²) in [7, 11) is 0. The molecule has 0 aliphatic rings. The summed E-state index contributed by atoms with van der Waals surface area (Å²) in [5, 5.41) is 0. The van der Waals surface area contributed by atoms with Gasteiger partial charge in [0.05, 0.1) is 17.7 Å². The first kappa shape index (κ1) is 11.0. The van der Waals surface area contributed by atoms with Gasteiger partial charge >= 0.3 is 5.97 Å². The van der Waals surface area contributed by atoms with Crippen LogP contribution in [0.4, 0.5) is 0 Å². The SMILES string of the molecule is CC(C)OC(=O)c1cccc(CCl)n1. The summed E-state index contributed by atoms with van der Waals surface area (Å²) in [6, 6.07) is 5.11. The molecule has 0 N–H and O–H groups in total. The third-order valence-electron chi connectivity index (χ3n) is 1.50. The smallest absolute Gasteiger partial charge is 0.357 e. The number of carbonyl (C=O) groups excluding carboxylic acids is 1. The highest BCUT2D eigenvalue weighted by atomic mass is 35.5. The van der Waals surface area contributed by atoms with Crippen molar-refractivity contribution < 1.29 is 9.53 Å². The molecule has 0 spiro atoms. The van der Waals surface area contributed by atoms with Gasteiger partial charge in [0.2, 0.25) is 0 Å². The van der Waals surface area contributed by atoms with Crippen LogP contribution in [-0.4, -0.2) is 17.1 Å². The molecule has 4 heteroatoms. The van der Waals surface area contributed by atoms with Gasteiger partial charge in [0.15, 0.2) is 0 Å². The maximum Gasteiger partial charge on any atom is 0.357 e. The first-order chi connectivity index (χ1) is 6.63. The van der Waals surface area contributed by atoms with Crippen LogP contribution in [0.1, 0.15) is 30.0 Å². The molecule has 0 aromatic carbocycles. The zero-order chi connectivity index (χ0) is 10.6. The quantitative estimate of drug-likeness (QED) is 0.572. The second kappa shape index (κ2) is 4.96. The summed E-state index contributed by atoms with van der Waals surface area (Å²) < 4.78 is 4.99. The van der Waals surface area contributed by atoms with E-state index < -0.39 is 5.97 Å². The molecule has 1 aromatic heterocycles. The molecule has 14 heavy (non-hydrogen) atoms. The van der Waals surface area contributed by atoms with Crippen LogP contribution < -0.4 is 0 Å². The minimum absolute atomic E-state index is 0.135. The normalized spacial score (nSPS) is 10.3. The van der Waals surface area contributed by atoms with Gasteiger partial charge in [-0.2, -0.15) is 0 Å². The fourth-order valence-corrected chi connectivity index (χ4v) is 1.09. The molecule has 1 rings (SSSR count). The average molecular weight is 214 g/mol. The van der Waals surface area contributed by atoms with Gasteiger partial charge in [-0.05, 0) is 26.0 Å². The third-order valence-corrected chi connectivity index (χ3v) is 1.77. The number of alkyl halides is 1. The van der Waals surface area contributed by atoms with Crippen molar-refractivity contribution in [2.45, 2.75) is 25.8 Å². The van der Waals surface area contributed by atoms with Crippen LogP contribution in [-0.2, 0) is 10.6 Å². The van der Waals surface area contributed by atoms with Gasteiger partial charge < -0.3 is 4.74 Å². The van der Waals surface area contributed by atoms with Crippen molar-refractivity contribution in [3.63, 3.8) is 0 Å². The highest BCUT2D eigenvalue weighted by Crippen LogP contribution is 2.05. The Morgan fingerprint density at radius 2 is 2.29 bits per heavy atom. The standard InChI is InChI=1S/C10H12ClNO2/c1-7(2)14-10(13)9-5-3-4-8(6-11)12-9/h3-5,7H,6H2,1-2H3. The molecule has 0 aliphatic heterocycles. The molecule has 0 saturated heterocycles. The Labute approximate surface area is 88.1 Å². The van der Waals surface area contributed by atoms with Gasteiger partial charge in [-0.1, -0.05) is 6.07 Å². The van der Waals surface area contributed by atoms with Gasteiger partial charge in [-0.25, -0.2) is 9.78 Å². The first-order valence-electron chi connectivity index (χ1n) is 4.36. The lowest BCUT2D eigenvalue weighted by Gasteiger charge is -2.07. The zero-order valence-electron chi connectivity index (χ0n) is 8.16. The minimum atomic E-state index is -0.410. The topological polar surface area (TPSA) is 39.2 Å². The number of rotatable bonds is 3. The van der Waals surface area contributed by atoms with E-state index in [2.05, 4.69) is 4.98 Å². The second-order valence-corrected chi connectivity index (χ2v) is 3.37. The second-order valence-electron chi connectivity index (χ2n) is 3.10. The van der Waals surface area contributed by atoms with E-state index in [1.807, 2.05) is 0 Å². The number of aromatic nitrogens is 1. The van der Waals surface area contributed by atoms with E-state index in [4.69, 9.17) is 16.3 Å². The molecule has 0 saturated carbocycles. The summed E-state index contributed by atoms with van der Waals surface area (Å²) in [4.78, 5) is 15.4. The fourth-order valence-electron chi connectivity index (χ4n) is 0.942. The fraction of sp³-hybridized carbons (Fsp3) is 0.400. The van der Waals surface area contributed by atoms with E-state index in [1.165, 1.54) is 0 Å². The first-order valence-corrected chi connectivity index (χ1v) is 4.90. The lowest BCUT2D eigenvalue weighted by Crippen LogP contribution is -2.13. The van der Waals surface area contributed by atoms with Crippen molar-refractivity contribution in [3.8, 4) is 0 Å². The maximum absolute atomic E-state index is 11.4. The number of halogens is 1. The van der Waals surface area contributed by atoms with Gasteiger partial charge in [0, 0.05) is 0 Å². The number of nitrogens with zero attached hydrogens (tertiary/aromatic N) is 1. The summed E-state index contributed by atoms with van der Waals surface area (Å²) in [5.41, 5.74) is 0.974. The van der Waals surface area contributed by atoms with E-state index in [0.29, 0.717) is 17.3 Å². The summed E-state index contributed by atoms with van der Waals surface area (Å²) >= 11 is 5.59. The van der Waals surface area contributed by atoms with E-state index in [1.54, 1.807) is 32.0 Å². The molecule has 0 amide bonds. The number of hydrogen-bond acceptors (Lipinski definition) is 3. The summed E-state index contributed by atoms with van der Waals surface area (Å²) in [6.45, 7) is 3.59. The van der Waals surface area contributed by atoms with E-state index in [-0.39, 0.29) is 6.10 Å². The molecule has 76 valence electrons. The molecular formula is C10H12ClNO2.